The Hall–Kier alpha value is -1.89. The van der Waals surface area contributed by atoms with Gasteiger partial charge in [-0.3, -0.25) is 19.7 Å². The molecule has 1 atom stereocenters. The zero-order valence-electron chi connectivity index (χ0n) is 10.5. The highest BCUT2D eigenvalue weighted by Gasteiger charge is 2.26. The number of thioether (sulfide) groups is 1. The molecule has 0 spiro atoms. The maximum Gasteiger partial charge on any atom is 0.327 e. The van der Waals surface area contributed by atoms with Crippen LogP contribution < -0.4 is 0 Å². The van der Waals surface area contributed by atoms with Gasteiger partial charge in [0.05, 0.1) is 11.5 Å². The SMILES string of the molecule is CCOC(=O)[C@H](Sc1ccc([N+](=O)[O-])cc1)C(C)=O. The highest BCUT2D eigenvalue weighted by atomic mass is 32.2. The van der Waals surface area contributed by atoms with Crippen molar-refractivity contribution in [2.75, 3.05) is 6.61 Å². The number of carbonyl (C=O) groups is 2. The van der Waals surface area contributed by atoms with Crippen LogP contribution in [0.2, 0.25) is 0 Å². The number of nitro benzene ring substituents is 1. The average molecular weight is 283 g/mol. The molecule has 0 aromatic heterocycles. The van der Waals surface area contributed by atoms with Crippen LogP contribution in [0.15, 0.2) is 29.2 Å². The van der Waals surface area contributed by atoms with Crippen LogP contribution in [0.4, 0.5) is 5.69 Å². The summed E-state index contributed by atoms with van der Waals surface area (Å²) in [6, 6.07) is 5.64. The first-order valence-electron chi connectivity index (χ1n) is 5.54. The van der Waals surface area contributed by atoms with E-state index in [1.807, 2.05) is 0 Å². The molecule has 1 rings (SSSR count). The van der Waals surface area contributed by atoms with Crippen LogP contribution in [-0.4, -0.2) is 28.5 Å². The number of hydrogen-bond acceptors (Lipinski definition) is 6. The van der Waals surface area contributed by atoms with Crippen LogP contribution in [-0.2, 0) is 14.3 Å². The van der Waals surface area contributed by atoms with Gasteiger partial charge in [-0.2, -0.15) is 0 Å². The second kappa shape index (κ2) is 6.89. The highest BCUT2D eigenvalue weighted by molar-refractivity contribution is 8.01. The molecule has 0 amide bonds. The van der Waals surface area contributed by atoms with Gasteiger partial charge in [-0.15, -0.1) is 11.8 Å². The van der Waals surface area contributed by atoms with E-state index >= 15 is 0 Å². The molecule has 0 aliphatic carbocycles. The molecule has 1 aromatic rings. The Kier molecular flexibility index (Phi) is 5.50. The molecule has 0 unspecified atom stereocenters. The first-order chi connectivity index (χ1) is 8.95. The Morgan fingerprint density at radius 1 is 1.37 bits per heavy atom. The molecule has 0 fully saturated rings. The van der Waals surface area contributed by atoms with Gasteiger partial charge in [0.25, 0.3) is 5.69 Å². The summed E-state index contributed by atoms with van der Waals surface area (Å²) in [7, 11) is 0. The van der Waals surface area contributed by atoms with Crippen molar-refractivity contribution in [3.05, 3.63) is 34.4 Å². The van der Waals surface area contributed by atoms with Crippen LogP contribution in [0.5, 0.6) is 0 Å². The molecule has 1 aromatic carbocycles. The highest BCUT2D eigenvalue weighted by Crippen LogP contribution is 2.26. The van der Waals surface area contributed by atoms with Crippen LogP contribution in [0.1, 0.15) is 13.8 Å². The number of nitro groups is 1. The number of carbonyl (C=O) groups excluding carboxylic acids is 2. The Labute approximate surface area is 114 Å². The molecular formula is C12H13NO5S. The van der Waals surface area contributed by atoms with E-state index in [-0.39, 0.29) is 18.1 Å². The Bertz CT molecular complexity index is 485. The summed E-state index contributed by atoms with van der Waals surface area (Å²) in [4.78, 5) is 33.6. The summed E-state index contributed by atoms with van der Waals surface area (Å²) in [5, 5.41) is 9.56. The molecule has 0 aliphatic rings. The van der Waals surface area contributed by atoms with Gasteiger partial charge < -0.3 is 4.74 Å². The van der Waals surface area contributed by atoms with Crippen LogP contribution in [0, 0.1) is 10.1 Å². The first kappa shape index (κ1) is 15.2. The number of nitrogens with zero attached hydrogens (tertiary/aromatic N) is 1. The van der Waals surface area contributed by atoms with Crippen molar-refractivity contribution in [3.63, 3.8) is 0 Å². The quantitative estimate of drug-likeness (QED) is 0.261. The predicted octanol–water partition coefficient (Wildman–Crippen LogP) is 2.21. The van der Waals surface area contributed by atoms with E-state index in [1.165, 1.54) is 31.2 Å². The molecule has 0 saturated heterocycles. The van der Waals surface area contributed by atoms with Gasteiger partial charge in [-0.05, 0) is 26.0 Å². The van der Waals surface area contributed by atoms with Gasteiger partial charge in [0.2, 0.25) is 0 Å². The topological polar surface area (TPSA) is 86.5 Å². The second-order valence-electron chi connectivity index (χ2n) is 3.61. The smallest absolute Gasteiger partial charge is 0.327 e. The lowest BCUT2D eigenvalue weighted by molar-refractivity contribution is -0.384. The average Bonchev–Trinajstić information content (AvgIpc) is 2.36. The van der Waals surface area contributed by atoms with Crippen LogP contribution in [0.3, 0.4) is 0 Å². The van der Waals surface area contributed by atoms with E-state index in [9.17, 15) is 19.7 Å². The fourth-order valence-electron chi connectivity index (χ4n) is 1.30. The van der Waals surface area contributed by atoms with Crippen molar-refractivity contribution < 1.29 is 19.2 Å². The summed E-state index contributed by atoms with van der Waals surface area (Å²) < 4.78 is 4.81. The third-order valence-corrected chi connectivity index (χ3v) is 3.48. The van der Waals surface area contributed by atoms with E-state index in [0.717, 1.165) is 11.8 Å². The van der Waals surface area contributed by atoms with E-state index in [1.54, 1.807) is 6.92 Å². The molecule has 0 radical (unpaired) electrons. The van der Waals surface area contributed by atoms with Crippen molar-refractivity contribution in [3.8, 4) is 0 Å². The third kappa shape index (κ3) is 4.36. The Balaban J connectivity index is 2.82. The fraction of sp³-hybridized carbons (Fsp3) is 0.333. The lowest BCUT2D eigenvalue weighted by Crippen LogP contribution is -2.27. The Morgan fingerprint density at radius 3 is 2.37 bits per heavy atom. The molecular weight excluding hydrogens is 270 g/mol. The normalized spacial score (nSPS) is 11.7. The summed E-state index contributed by atoms with van der Waals surface area (Å²) in [5.41, 5.74) is -0.0418. The van der Waals surface area contributed by atoms with Crippen molar-refractivity contribution in [2.45, 2.75) is 24.0 Å². The second-order valence-corrected chi connectivity index (χ2v) is 4.79. The van der Waals surface area contributed by atoms with E-state index in [2.05, 4.69) is 0 Å². The molecule has 0 aliphatic heterocycles. The molecule has 0 bridgehead atoms. The Morgan fingerprint density at radius 2 is 1.95 bits per heavy atom. The fourth-order valence-corrected chi connectivity index (χ4v) is 2.19. The molecule has 0 N–H and O–H groups in total. The lowest BCUT2D eigenvalue weighted by Gasteiger charge is -2.11. The number of Topliss-reactive ketones (excluding diaryl/α,β-unsaturated/α-hetero) is 1. The van der Waals surface area contributed by atoms with Gasteiger partial charge in [-0.25, -0.2) is 0 Å². The zero-order valence-corrected chi connectivity index (χ0v) is 11.3. The first-order valence-corrected chi connectivity index (χ1v) is 6.42. The number of esters is 1. The number of ether oxygens (including phenoxy) is 1. The van der Waals surface area contributed by atoms with E-state index in [0.29, 0.717) is 4.90 Å². The monoisotopic (exact) mass is 283 g/mol. The molecule has 19 heavy (non-hydrogen) atoms. The van der Waals surface area contributed by atoms with E-state index < -0.39 is 16.1 Å². The molecule has 0 saturated carbocycles. The minimum atomic E-state index is -0.943. The number of ketones is 1. The summed E-state index contributed by atoms with van der Waals surface area (Å²) in [6.45, 7) is 3.16. The van der Waals surface area contributed by atoms with Gasteiger partial charge in [0.15, 0.2) is 11.0 Å². The standard InChI is InChI=1S/C12H13NO5S/c1-3-18-12(15)11(8(2)14)19-10-6-4-9(5-7-10)13(16)17/h4-7,11H,3H2,1-2H3/t11-/m1/s1. The molecule has 102 valence electrons. The van der Waals surface area contributed by atoms with Crippen molar-refractivity contribution >= 4 is 29.2 Å². The molecule has 6 nitrogen and oxygen atoms in total. The van der Waals surface area contributed by atoms with Gasteiger partial charge in [-0.1, -0.05) is 0 Å². The van der Waals surface area contributed by atoms with Gasteiger partial charge >= 0.3 is 5.97 Å². The summed E-state index contributed by atoms with van der Waals surface area (Å²) in [6.07, 6.45) is 0. The van der Waals surface area contributed by atoms with Gasteiger partial charge in [0.1, 0.15) is 0 Å². The van der Waals surface area contributed by atoms with Crippen molar-refractivity contribution in [1.29, 1.82) is 0 Å². The maximum atomic E-state index is 11.6. The van der Waals surface area contributed by atoms with Crippen LogP contribution in [0.25, 0.3) is 0 Å². The molecule has 7 heteroatoms. The van der Waals surface area contributed by atoms with E-state index in [4.69, 9.17) is 4.74 Å². The summed E-state index contributed by atoms with van der Waals surface area (Å²) in [5.74, 6) is -0.917. The largest absolute Gasteiger partial charge is 0.465 e. The predicted molar refractivity (Wildman–Crippen MR) is 70.1 cm³/mol. The number of rotatable bonds is 6. The third-order valence-electron chi connectivity index (χ3n) is 2.17. The minimum Gasteiger partial charge on any atom is -0.465 e. The molecule has 0 heterocycles. The zero-order chi connectivity index (χ0) is 14.4. The lowest BCUT2D eigenvalue weighted by atomic mass is 10.3. The van der Waals surface area contributed by atoms with Crippen LogP contribution >= 0.6 is 11.8 Å². The van der Waals surface area contributed by atoms with Gasteiger partial charge in [0, 0.05) is 17.0 Å². The number of non-ortho nitro benzene ring substituents is 1. The van der Waals surface area contributed by atoms with Crippen molar-refractivity contribution in [1.82, 2.24) is 0 Å². The summed E-state index contributed by atoms with van der Waals surface area (Å²) >= 11 is 1.02. The minimum absolute atomic E-state index is 0.0418. The number of benzene rings is 1. The number of hydrogen-bond donors (Lipinski definition) is 0. The maximum absolute atomic E-state index is 11.6. The van der Waals surface area contributed by atoms with Crippen molar-refractivity contribution in [2.24, 2.45) is 0 Å².